The van der Waals surface area contributed by atoms with Crippen molar-refractivity contribution < 1.29 is 27.4 Å². The van der Waals surface area contributed by atoms with Crippen LogP contribution in [0, 0.1) is 0 Å². The molecule has 28 heavy (non-hydrogen) atoms. The van der Waals surface area contributed by atoms with Crippen molar-refractivity contribution in [2.45, 2.75) is 6.18 Å². The van der Waals surface area contributed by atoms with Crippen molar-refractivity contribution in [3.8, 4) is 22.1 Å². The largest absolute Gasteiger partial charge is 0.493 e. The van der Waals surface area contributed by atoms with Crippen molar-refractivity contribution in [1.29, 1.82) is 0 Å². The normalized spacial score (nSPS) is 11.2. The Labute approximate surface area is 162 Å². The molecule has 2 heterocycles. The highest BCUT2D eigenvalue weighted by Crippen LogP contribution is 2.41. The Morgan fingerprint density at radius 3 is 2.46 bits per heavy atom. The van der Waals surface area contributed by atoms with Crippen molar-refractivity contribution in [1.82, 2.24) is 9.97 Å². The SMILES string of the molecule is COc1ccc(C(=O)Nc2nc(C(F)(F)F)c(-c3ccccn3)s2)cc1OC. The second kappa shape index (κ2) is 7.85. The Morgan fingerprint density at radius 1 is 1.11 bits per heavy atom. The third-order valence-electron chi connectivity index (χ3n) is 3.66. The van der Waals surface area contributed by atoms with Gasteiger partial charge in [-0.15, -0.1) is 0 Å². The lowest BCUT2D eigenvalue weighted by atomic mass is 10.2. The summed E-state index contributed by atoms with van der Waals surface area (Å²) < 4.78 is 50.3. The first-order valence-corrected chi connectivity index (χ1v) is 8.68. The Balaban J connectivity index is 1.93. The summed E-state index contributed by atoms with van der Waals surface area (Å²) in [5.74, 6) is 0.112. The summed E-state index contributed by atoms with van der Waals surface area (Å²) in [7, 11) is 2.86. The first kappa shape index (κ1) is 19.6. The molecule has 6 nitrogen and oxygen atoms in total. The number of nitrogens with one attached hydrogen (secondary N) is 1. The van der Waals surface area contributed by atoms with Crippen LogP contribution in [0.15, 0.2) is 42.6 Å². The van der Waals surface area contributed by atoms with Crippen LogP contribution >= 0.6 is 11.3 Å². The molecule has 0 aliphatic carbocycles. The van der Waals surface area contributed by atoms with Gasteiger partial charge in [-0.1, -0.05) is 17.4 Å². The number of thiazole rings is 1. The summed E-state index contributed by atoms with van der Waals surface area (Å²) in [6.45, 7) is 0. The Bertz CT molecular complexity index is 991. The van der Waals surface area contributed by atoms with Gasteiger partial charge < -0.3 is 9.47 Å². The number of alkyl halides is 3. The van der Waals surface area contributed by atoms with Gasteiger partial charge in [0.15, 0.2) is 22.3 Å². The second-order valence-electron chi connectivity index (χ2n) is 5.43. The lowest BCUT2D eigenvalue weighted by molar-refractivity contribution is -0.140. The first-order valence-electron chi connectivity index (χ1n) is 7.86. The third-order valence-corrected chi connectivity index (χ3v) is 4.65. The lowest BCUT2D eigenvalue weighted by Crippen LogP contribution is -2.13. The van der Waals surface area contributed by atoms with E-state index in [4.69, 9.17) is 9.47 Å². The molecular formula is C18H14F3N3O3S. The maximum atomic E-state index is 13.4. The van der Waals surface area contributed by atoms with Crippen LogP contribution in [0.4, 0.5) is 18.3 Å². The van der Waals surface area contributed by atoms with Crippen LogP contribution in [0.5, 0.6) is 11.5 Å². The number of halogens is 3. The summed E-state index contributed by atoms with van der Waals surface area (Å²) in [5.41, 5.74) is -0.793. The molecule has 2 aromatic heterocycles. The van der Waals surface area contributed by atoms with Crippen molar-refractivity contribution in [2.75, 3.05) is 19.5 Å². The van der Waals surface area contributed by atoms with Gasteiger partial charge in [-0.3, -0.25) is 15.1 Å². The van der Waals surface area contributed by atoms with Crippen LogP contribution in [-0.4, -0.2) is 30.1 Å². The fraction of sp³-hybridized carbons (Fsp3) is 0.167. The number of carbonyl (C=O) groups is 1. The molecule has 0 atom stereocenters. The zero-order valence-corrected chi connectivity index (χ0v) is 15.5. The number of methoxy groups -OCH3 is 2. The van der Waals surface area contributed by atoms with E-state index in [1.807, 2.05) is 0 Å². The van der Waals surface area contributed by atoms with Crippen molar-refractivity contribution >= 4 is 22.4 Å². The molecule has 1 amide bonds. The molecule has 0 saturated carbocycles. The van der Waals surface area contributed by atoms with Crippen LogP contribution < -0.4 is 14.8 Å². The van der Waals surface area contributed by atoms with Gasteiger partial charge in [-0.25, -0.2) is 4.98 Å². The van der Waals surface area contributed by atoms with Crippen molar-refractivity contribution in [2.24, 2.45) is 0 Å². The molecular weight excluding hydrogens is 395 g/mol. The standard InChI is InChI=1S/C18H14F3N3O3S/c1-26-12-7-6-10(9-13(12)27-2)16(25)24-17-23-15(18(19,20)21)14(28-17)11-5-3-4-8-22-11/h3-9H,1-2H3,(H,23,24,25). The maximum absolute atomic E-state index is 13.4. The van der Waals surface area contributed by atoms with Gasteiger partial charge >= 0.3 is 6.18 Å². The molecule has 0 spiro atoms. The molecule has 10 heteroatoms. The molecule has 0 fully saturated rings. The van der Waals surface area contributed by atoms with Crippen LogP contribution in [0.1, 0.15) is 16.1 Å². The second-order valence-corrected chi connectivity index (χ2v) is 6.43. The number of nitrogens with zero attached hydrogens (tertiary/aromatic N) is 2. The number of ether oxygens (including phenoxy) is 2. The zero-order chi connectivity index (χ0) is 20.3. The van der Waals surface area contributed by atoms with E-state index in [0.29, 0.717) is 22.8 Å². The average molecular weight is 409 g/mol. The summed E-state index contributed by atoms with van der Waals surface area (Å²) in [4.78, 5) is 19.8. The highest BCUT2D eigenvalue weighted by molar-refractivity contribution is 7.19. The minimum absolute atomic E-state index is 0.124. The Morgan fingerprint density at radius 2 is 1.86 bits per heavy atom. The number of hydrogen-bond acceptors (Lipinski definition) is 6. The monoisotopic (exact) mass is 409 g/mol. The number of hydrogen-bond donors (Lipinski definition) is 1. The number of amides is 1. The Kier molecular flexibility index (Phi) is 5.50. The topological polar surface area (TPSA) is 73.3 Å². The highest BCUT2D eigenvalue weighted by Gasteiger charge is 2.38. The molecule has 0 bridgehead atoms. The number of aromatic nitrogens is 2. The van der Waals surface area contributed by atoms with Crippen molar-refractivity contribution in [3.05, 3.63) is 53.9 Å². The number of carbonyl (C=O) groups excluding carboxylic acids is 1. The van der Waals surface area contributed by atoms with Gasteiger partial charge in [0.25, 0.3) is 5.91 Å². The van der Waals surface area contributed by atoms with E-state index in [1.165, 1.54) is 44.7 Å². The van der Waals surface area contributed by atoms with Gasteiger partial charge in [0, 0.05) is 11.8 Å². The number of anilines is 1. The molecule has 1 aromatic carbocycles. The first-order chi connectivity index (χ1) is 13.3. The van der Waals surface area contributed by atoms with Gasteiger partial charge in [-0.05, 0) is 30.3 Å². The highest BCUT2D eigenvalue weighted by atomic mass is 32.1. The molecule has 1 N–H and O–H groups in total. The molecule has 0 aliphatic rings. The van der Waals surface area contributed by atoms with Crippen LogP contribution in [-0.2, 0) is 6.18 Å². The number of benzene rings is 1. The van der Waals surface area contributed by atoms with E-state index in [-0.39, 0.29) is 21.3 Å². The fourth-order valence-electron chi connectivity index (χ4n) is 2.38. The molecule has 0 unspecified atom stereocenters. The molecule has 146 valence electrons. The number of pyridine rings is 1. The van der Waals surface area contributed by atoms with Gasteiger partial charge in [0.2, 0.25) is 0 Å². The van der Waals surface area contributed by atoms with Gasteiger partial charge in [0.05, 0.1) is 24.8 Å². The molecule has 0 saturated heterocycles. The zero-order valence-electron chi connectivity index (χ0n) is 14.7. The maximum Gasteiger partial charge on any atom is 0.434 e. The van der Waals surface area contributed by atoms with E-state index in [2.05, 4.69) is 15.3 Å². The van der Waals surface area contributed by atoms with E-state index >= 15 is 0 Å². The number of rotatable bonds is 5. The predicted molar refractivity (Wildman–Crippen MR) is 97.8 cm³/mol. The Hall–Kier alpha value is -3.14. The minimum Gasteiger partial charge on any atom is -0.493 e. The molecule has 0 radical (unpaired) electrons. The third kappa shape index (κ3) is 4.06. The molecule has 3 rings (SSSR count). The predicted octanol–water partition coefficient (Wildman–Crippen LogP) is 4.49. The summed E-state index contributed by atoms with van der Waals surface area (Å²) in [5, 5.41) is 2.21. The minimum atomic E-state index is -4.68. The molecule has 0 aliphatic heterocycles. The van der Waals surface area contributed by atoms with Gasteiger partial charge in [0.1, 0.15) is 0 Å². The van der Waals surface area contributed by atoms with Crippen LogP contribution in [0.25, 0.3) is 10.6 Å². The van der Waals surface area contributed by atoms with E-state index < -0.39 is 17.8 Å². The summed E-state index contributed by atoms with van der Waals surface area (Å²) in [6, 6.07) is 9.03. The lowest BCUT2D eigenvalue weighted by Gasteiger charge is -2.09. The van der Waals surface area contributed by atoms with Crippen LogP contribution in [0.2, 0.25) is 0 Å². The van der Waals surface area contributed by atoms with E-state index in [1.54, 1.807) is 12.1 Å². The average Bonchev–Trinajstić information content (AvgIpc) is 3.12. The quantitative estimate of drug-likeness (QED) is 0.672. The van der Waals surface area contributed by atoms with Gasteiger partial charge in [-0.2, -0.15) is 13.2 Å². The van der Waals surface area contributed by atoms with Crippen LogP contribution in [0.3, 0.4) is 0 Å². The summed E-state index contributed by atoms with van der Waals surface area (Å²) >= 11 is 0.699. The van der Waals surface area contributed by atoms with Crippen molar-refractivity contribution in [3.63, 3.8) is 0 Å². The molecule has 3 aromatic rings. The smallest absolute Gasteiger partial charge is 0.434 e. The van der Waals surface area contributed by atoms with E-state index in [0.717, 1.165) is 0 Å². The summed E-state index contributed by atoms with van der Waals surface area (Å²) in [6.07, 6.45) is -3.30. The fourth-order valence-corrected chi connectivity index (χ4v) is 3.34. The van der Waals surface area contributed by atoms with E-state index in [9.17, 15) is 18.0 Å².